The summed E-state index contributed by atoms with van der Waals surface area (Å²) in [7, 11) is 1.84. The van der Waals surface area contributed by atoms with Gasteiger partial charge in [-0.3, -0.25) is 4.21 Å². The fourth-order valence-corrected chi connectivity index (χ4v) is 3.34. The first-order valence-corrected chi connectivity index (χ1v) is 10.8. The van der Waals surface area contributed by atoms with Crippen molar-refractivity contribution < 1.29 is 28.3 Å². The molecular formula is C21H29NO6S. The highest BCUT2D eigenvalue weighted by atomic mass is 32.2. The molecule has 0 saturated heterocycles. The third-order valence-corrected chi connectivity index (χ3v) is 5.14. The van der Waals surface area contributed by atoms with Gasteiger partial charge < -0.3 is 29.4 Å². The van der Waals surface area contributed by atoms with E-state index in [4.69, 9.17) is 18.9 Å². The first-order valence-electron chi connectivity index (χ1n) is 9.25. The molecule has 0 bridgehead atoms. The molecule has 29 heavy (non-hydrogen) atoms. The molecule has 0 heterocycles. The first-order chi connectivity index (χ1) is 14.0. The molecular weight excluding hydrogens is 394 g/mol. The molecule has 0 spiro atoms. The van der Waals surface area contributed by atoms with Crippen LogP contribution in [0.2, 0.25) is 0 Å². The van der Waals surface area contributed by atoms with Crippen molar-refractivity contribution in [3.05, 3.63) is 42.0 Å². The largest absolute Gasteiger partial charge is 0.495 e. The Morgan fingerprint density at radius 2 is 1.76 bits per heavy atom. The number of benzene rings is 2. The summed E-state index contributed by atoms with van der Waals surface area (Å²) in [6, 6.07) is 11.0. The van der Waals surface area contributed by atoms with Crippen LogP contribution in [-0.4, -0.2) is 62.2 Å². The number of nitrogens with one attached hydrogen (secondary N) is 1. The molecule has 2 aromatic carbocycles. The molecule has 2 rings (SSSR count). The Kier molecular flexibility index (Phi) is 9.24. The highest BCUT2D eigenvalue weighted by molar-refractivity contribution is 7.84. The standard InChI is InChI=1S/C21H29NO6S/c1-15-7-5-6-8-17(15)28-14-16(23)13-22-9-10-27-19-11-20(26-3)21(29(4)24)12-18(19)25-2/h5-8,11-12,16,22-23H,9-10,13-14H2,1-4H3. The smallest absolute Gasteiger partial charge is 0.164 e. The minimum atomic E-state index is -1.20. The zero-order chi connectivity index (χ0) is 21.2. The number of aliphatic hydroxyl groups is 1. The SMILES string of the molecule is COc1cc(S(C)=O)c(OC)cc1OCCNCC(O)COc1ccccc1C. The summed E-state index contributed by atoms with van der Waals surface area (Å²) in [5.74, 6) is 2.25. The zero-order valence-electron chi connectivity index (χ0n) is 17.3. The van der Waals surface area contributed by atoms with Gasteiger partial charge in [0.15, 0.2) is 11.5 Å². The average Bonchev–Trinajstić information content (AvgIpc) is 2.72. The number of ether oxygens (including phenoxy) is 4. The molecule has 0 aliphatic rings. The summed E-state index contributed by atoms with van der Waals surface area (Å²) < 4.78 is 33.8. The first kappa shape index (κ1) is 23.0. The summed E-state index contributed by atoms with van der Waals surface area (Å²) in [5, 5.41) is 13.2. The molecule has 0 radical (unpaired) electrons. The van der Waals surface area contributed by atoms with Gasteiger partial charge in [-0.2, -0.15) is 0 Å². The highest BCUT2D eigenvalue weighted by Crippen LogP contribution is 2.36. The molecule has 0 aromatic heterocycles. The van der Waals surface area contributed by atoms with E-state index in [0.717, 1.165) is 11.3 Å². The summed E-state index contributed by atoms with van der Waals surface area (Å²) in [5.41, 5.74) is 1.03. The topological polar surface area (TPSA) is 86.3 Å². The van der Waals surface area contributed by atoms with Gasteiger partial charge in [-0.1, -0.05) is 18.2 Å². The third kappa shape index (κ3) is 6.92. The van der Waals surface area contributed by atoms with E-state index in [-0.39, 0.29) is 6.61 Å². The highest BCUT2D eigenvalue weighted by Gasteiger charge is 2.15. The molecule has 0 aliphatic carbocycles. The summed E-state index contributed by atoms with van der Waals surface area (Å²) in [6.45, 7) is 3.43. The lowest BCUT2D eigenvalue weighted by atomic mass is 10.2. The molecule has 2 unspecified atom stereocenters. The van der Waals surface area contributed by atoms with Crippen LogP contribution in [0.15, 0.2) is 41.3 Å². The summed E-state index contributed by atoms with van der Waals surface area (Å²) in [4.78, 5) is 0.548. The maximum Gasteiger partial charge on any atom is 0.164 e. The molecule has 0 fully saturated rings. The molecule has 8 heteroatoms. The van der Waals surface area contributed by atoms with Crippen molar-refractivity contribution in [3.63, 3.8) is 0 Å². The van der Waals surface area contributed by atoms with Crippen LogP contribution in [0.25, 0.3) is 0 Å². The molecule has 0 aliphatic heterocycles. The van der Waals surface area contributed by atoms with E-state index < -0.39 is 16.9 Å². The normalized spacial score (nSPS) is 12.9. The van der Waals surface area contributed by atoms with E-state index in [2.05, 4.69) is 5.32 Å². The number of aryl methyl sites for hydroxylation is 1. The number of hydrogen-bond acceptors (Lipinski definition) is 7. The van der Waals surface area contributed by atoms with Gasteiger partial charge in [0.05, 0.1) is 29.9 Å². The van der Waals surface area contributed by atoms with Crippen molar-refractivity contribution in [2.45, 2.75) is 17.9 Å². The maximum atomic E-state index is 11.8. The lowest BCUT2D eigenvalue weighted by Gasteiger charge is -2.16. The van der Waals surface area contributed by atoms with E-state index in [0.29, 0.717) is 41.8 Å². The molecule has 2 atom stereocenters. The van der Waals surface area contributed by atoms with Gasteiger partial charge in [-0.05, 0) is 18.6 Å². The Morgan fingerprint density at radius 1 is 1.03 bits per heavy atom. The van der Waals surface area contributed by atoms with E-state index >= 15 is 0 Å². The van der Waals surface area contributed by atoms with Crippen LogP contribution in [0.5, 0.6) is 23.0 Å². The second-order valence-electron chi connectivity index (χ2n) is 6.39. The van der Waals surface area contributed by atoms with Crippen molar-refractivity contribution in [2.24, 2.45) is 0 Å². The van der Waals surface area contributed by atoms with E-state index in [1.54, 1.807) is 18.4 Å². The Labute approximate surface area is 174 Å². The van der Waals surface area contributed by atoms with E-state index in [1.165, 1.54) is 14.2 Å². The van der Waals surface area contributed by atoms with Crippen LogP contribution in [-0.2, 0) is 10.8 Å². The molecule has 2 N–H and O–H groups in total. The Hall–Kier alpha value is -2.29. The minimum absolute atomic E-state index is 0.208. The predicted octanol–water partition coefficient (Wildman–Crippen LogP) is 2.16. The monoisotopic (exact) mass is 423 g/mol. The number of aliphatic hydroxyl groups excluding tert-OH is 1. The van der Waals surface area contributed by atoms with Crippen LogP contribution in [0, 0.1) is 6.92 Å². The fraction of sp³-hybridized carbons (Fsp3) is 0.429. The van der Waals surface area contributed by atoms with Gasteiger partial charge >= 0.3 is 0 Å². The van der Waals surface area contributed by atoms with Gasteiger partial charge in [-0.25, -0.2) is 0 Å². The maximum absolute atomic E-state index is 11.8. The molecule has 2 aromatic rings. The Bertz CT molecular complexity index is 814. The predicted molar refractivity (Wildman–Crippen MR) is 113 cm³/mol. The number of hydrogen-bond donors (Lipinski definition) is 2. The van der Waals surface area contributed by atoms with Gasteiger partial charge in [0.1, 0.15) is 30.8 Å². The average molecular weight is 424 g/mol. The van der Waals surface area contributed by atoms with Crippen LogP contribution in [0.4, 0.5) is 0 Å². The van der Waals surface area contributed by atoms with Gasteiger partial charge in [0, 0.05) is 31.5 Å². The quantitative estimate of drug-likeness (QED) is 0.506. The van der Waals surface area contributed by atoms with Crippen molar-refractivity contribution in [2.75, 3.05) is 46.8 Å². The van der Waals surface area contributed by atoms with Crippen LogP contribution >= 0.6 is 0 Å². The van der Waals surface area contributed by atoms with E-state index in [9.17, 15) is 9.32 Å². The summed E-state index contributed by atoms with van der Waals surface area (Å²) >= 11 is 0. The van der Waals surface area contributed by atoms with Gasteiger partial charge in [0.25, 0.3) is 0 Å². The summed E-state index contributed by atoms with van der Waals surface area (Å²) in [6.07, 6.45) is 0.943. The van der Waals surface area contributed by atoms with Crippen molar-refractivity contribution >= 4 is 10.8 Å². The third-order valence-electron chi connectivity index (χ3n) is 4.20. The second-order valence-corrected chi connectivity index (χ2v) is 7.74. The molecule has 7 nitrogen and oxygen atoms in total. The van der Waals surface area contributed by atoms with Crippen molar-refractivity contribution in [3.8, 4) is 23.0 Å². The lowest BCUT2D eigenvalue weighted by molar-refractivity contribution is 0.105. The fourth-order valence-electron chi connectivity index (χ4n) is 2.64. The Balaban J connectivity index is 1.77. The number of methoxy groups -OCH3 is 2. The molecule has 0 amide bonds. The zero-order valence-corrected chi connectivity index (χ0v) is 18.1. The van der Waals surface area contributed by atoms with Gasteiger partial charge in [-0.15, -0.1) is 0 Å². The lowest BCUT2D eigenvalue weighted by Crippen LogP contribution is -2.33. The van der Waals surface area contributed by atoms with E-state index in [1.807, 2.05) is 31.2 Å². The molecule has 0 saturated carbocycles. The van der Waals surface area contributed by atoms with Crippen molar-refractivity contribution in [1.29, 1.82) is 0 Å². The number of rotatable bonds is 12. The second kappa shape index (κ2) is 11.6. The van der Waals surface area contributed by atoms with Crippen molar-refractivity contribution in [1.82, 2.24) is 5.32 Å². The van der Waals surface area contributed by atoms with Crippen LogP contribution < -0.4 is 24.3 Å². The number of para-hydroxylation sites is 1. The van der Waals surface area contributed by atoms with Crippen LogP contribution in [0.3, 0.4) is 0 Å². The van der Waals surface area contributed by atoms with Gasteiger partial charge in [0.2, 0.25) is 0 Å². The van der Waals surface area contributed by atoms with Crippen LogP contribution in [0.1, 0.15) is 5.56 Å². The Morgan fingerprint density at radius 3 is 2.41 bits per heavy atom. The molecule has 160 valence electrons. The minimum Gasteiger partial charge on any atom is -0.495 e.